The molecule has 0 bridgehead atoms. The molecule has 16 heavy (non-hydrogen) atoms. The van der Waals surface area contributed by atoms with Gasteiger partial charge in [-0.2, -0.15) is 0 Å². The minimum atomic E-state index is -0.356. The van der Waals surface area contributed by atoms with E-state index in [1.165, 1.54) is 11.3 Å². The van der Waals surface area contributed by atoms with Gasteiger partial charge < -0.3 is 9.47 Å². The lowest BCUT2D eigenvalue weighted by molar-refractivity contribution is 0.0159. The largest absolute Gasteiger partial charge is 0.457 e. The molecule has 0 aliphatic carbocycles. The van der Waals surface area contributed by atoms with Gasteiger partial charge in [-0.3, -0.25) is 0 Å². The molecule has 1 aromatic heterocycles. The molecular weight excluding hydrogens is 224 g/mol. The Hall–Kier alpha value is -1.81. The second kappa shape index (κ2) is 5.32. The zero-order valence-electron chi connectivity index (χ0n) is 8.46. The summed E-state index contributed by atoms with van der Waals surface area (Å²) in [6.07, 6.45) is 0. The van der Waals surface area contributed by atoms with Crippen molar-refractivity contribution in [3.63, 3.8) is 0 Å². The van der Waals surface area contributed by atoms with Gasteiger partial charge in [-0.05, 0) is 23.6 Å². The summed E-state index contributed by atoms with van der Waals surface area (Å²) in [5.41, 5.74) is 0. The van der Waals surface area contributed by atoms with Crippen molar-refractivity contribution in [3.8, 4) is 5.75 Å². The predicted octanol–water partition coefficient (Wildman–Crippen LogP) is 2.94. The Kier molecular flexibility index (Phi) is 3.56. The lowest BCUT2D eigenvalue weighted by Crippen LogP contribution is -2.09. The monoisotopic (exact) mass is 234 g/mol. The smallest absolute Gasteiger partial charge is 0.351 e. The number of thiophene rings is 1. The van der Waals surface area contributed by atoms with E-state index in [1.807, 2.05) is 23.6 Å². The van der Waals surface area contributed by atoms with Crippen LogP contribution in [-0.2, 0) is 4.74 Å². The highest BCUT2D eigenvalue weighted by atomic mass is 32.1. The molecule has 4 heteroatoms. The molecule has 0 amide bonds. The standard InChI is InChI=1S/C12H10O3S/c13-12(11-7-4-8-16-11)15-9-14-10-5-2-1-3-6-10/h1-8H,9H2. The van der Waals surface area contributed by atoms with E-state index in [0.717, 1.165) is 0 Å². The lowest BCUT2D eigenvalue weighted by Gasteiger charge is -2.05. The van der Waals surface area contributed by atoms with Gasteiger partial charge in [-0.25, -0.2) is 4.79 Å². The van der Waals surface area contributed by atoms with E-state index >= 15 is 0 Å². The van der Waals surface area contributed by atoms with Crippen LogP contribution >= 0.6 is 11.3 Å². The third kappa shape index (κ3) is 2.84. The van der Waals surface area contributed by atoms with E-state index in [2.05, 4.69) is 0 Å². The highest BCUT2D eigenvalue weighted by molar-refractivity contribution is 7.11. The first kappa shape index (κ1) is 10.7. The maximum absolute atomic E-state index is 11.4. The van der Waals surface area contributed by atoms with Crippen molar-refractivity contribution >= 4 is 17.3 Å². The summed E-state index contributed by atoms with van der Waals surface area (Å²) >= 11 is 1.35. The molecule has 0 aliphatic rings. The molecule has 0 unspecified atom stereocenters. The predicted molar refractivity (Wildman–Crippen MR) is 61.7 cm³/mol. The molecule has 0 fully saturated rings. The number of esters is 1. The topological polar surface area (TPSA) is 35.5 Å². The number of rotatable bonds is 4. The van der Waals surface area contributed by atoms with Crippen LogP contribution in [0.1, 0.15) is 9.67 Å². The average Bonchev–Trinajstić information content (AvgIpc) is 2.84. The van der Waals surface area contributed by atoms with Crippen LogP contribution < -0.4 is 4.74 Å². The van der Waals surface area contributed by atoms with E-state index in [0.29, 0.717) is 10.6 Å². The van der Waals surface area contributed by atoms with Crippen LogP contribution in [0.5, 0.6) is 5.75 Å². The van der Waals surface area contributed by atoms with Gasteiger partial charge in [0.1, 0.15) is 10.6 Å². The van der Waals surface area contributed by atoms with Gasteiger partial charge in [0.2, 0.25) is 6.79 Å². The zero-order chi connectivity index (χ0) is 11.2. The minimum absolute atomic E-state index is 0.0687. The summed E-state index contributed by atoms with van der Waals surface area (Å²) in [6.45, 7) is -0.0687. The van der Waals surface area contributed by atoms with Crippen molar-refractivity contribution in [1.29, 1.82) is 0 Å². The Bertz CT molecular complexity index is 437. The van der Waals surface area contributed by atoms with Crippen LogP contribution in [0.2, 0.25) is 0 Å². The molecule has 0 spiro atoms. The second-order valence-electron chi connectivity index (χ2n) is 2.98. The number of carbonyl (C=O) groups excluding carboxylic acids is 1. The maximum atomic E-state index is 11.4. The van der Waals surface area contributed by atoms with Crippen molar-refractivity contribution in [1.82, 2.24) is 0 Å². The molecule has 1 heterocycles. The summed E-state index contributed by atoms with van der Waals surface area (Å²) in [5.74, 6) is 0.326. The normalized spacial score (nSPS) is 9.75. The molecule has 2 aromatic rings. The third-order valence-corrected chi connectivity index (χ3v) is 2.73. The molecular formula is C12H10O3S. The van der Waals surface area contributed by atoms with Crippen LogP contribution in [0.3, 0.4) is 0 Å². The van der Waals surface area contributed by atoms with Gasteiger partial charge in [0.15, 0.2) is 0 Å². The Morgan fingerprint density at radius 1 is 1.12 bits per heavy atom. The Morgan fingerprint density at radius 2 is 1.94 bits per heavy atom. The van der Waals surface area contributed by atoms with Crippen molar-refractivity contribution in [3.05, 3.63) is 52.7 Å². The number of hydrogen-bond donors (Lipinski definition) is 0. The SMILES string of the molecule is O=C(OCOc1ccccc1)c1cccs1. The number of carbonyl (C=O) groups is 1. The highest BCUT2D eigenvalue weighted by Crippen LogP contribution is 2.11. The molecule has 0 radical (unpaired) electrons. The van der Waals surface area contributed by atoms with Crippen LogP contribution in [0.25, 0.3) is 0 Å². The summed E-state index contributed by atoms with van der Waals surface area (Å²) in [5, 5.41) is 1.83. The van der Waals surface area contributed by atoms with Crippen molar-refractivity contribution in [2.75, 3.05) is 6.79 Å². The lowest BCUT2D eigenvalue weighted by atomic mass is 10.3. The Morgan fingerprint density at radius 3 is 2.62 bits per heavy atom. The second-order valence-corrected chi connectivity index (χ2v) is 3.93. The number of hydrogen-bond acceptors (Lipinski definition) is 4. The van der Waals surface area contributed by atoms with E-state index < -0.39 is 0 Å². The minimum Gasteiger partial charge on any atom is -0.457 e. The van der Waals surface area contributed by atoms with Gasteiger partial charge in [-0.15, -0.1) is 11.3 Å². The van der Waals surface area contributed by atoms with Crippen molar-refractivity contribution in [2.45, 2.75) is 0 Å². The average molecular weight is 234 g/mol. The molecule has 82 valence electrons. The van der Waals surface area contributed by atoms with Crippen LogP contribution in [0, 0.1) is 0 Å². The van der Waals surface area contributed by atoms with E-state index in [-0.39, 0.29) is 12.8 Å². The van der Waals surface area contributed by atoms with Crippen LogP contribution in [0.15, 0.2) is 47.8 Å². The fraction of sp³-hybridized carbons (Fsp3) is 0.0833. The molecule has 0 saturated heterocycles. The molecule has 3 nitrogen and oxygen atoms in total. The van der Waals surface area contributed by atoms with Gasteiger partial charge in [-0.1, -0.05) is 24.3 Å². The molecule has 0 aliphatic heterocycles. The first-order valence-electron chi connectivity index (χ1n) is 4.75. The number of ether oxygens (including phenoxy) is 2. The molecule has 2 rings (SSSR count). The fourth-order valence-corrected chi connectivity index (χ4v) is 1.75. The first-order chi connectivity index (χ1) is 7.86. The van der Waals surface area contributed by atoms with Gasteiger partial charge in [0.05, 0.1) is 0 Å². The maximum Gasteiger partial charge on any atom is 0.351 e. The number of benzene rings is 1. The molecule has 1 aromatic carbocycles. The Labute approximate surface area is 97.2 Å². The Balaban J connectivity index is 1.79. The van der Waals surface area contributed by atoms with Crippen molar-refractivity contribution < 1.29 is 14.3 Å². The van der Waals surface area contributed by atoms with E-state index in [9.17, 15) is 4.79 Å². The molecule has 0 N–H and O–H groups in total. The van der Waals surface area contributed by atoms with E-state index in [1.54, 1.807) is 24.3 Å². The van der Waals surface area contributed by atoms with Crippen molar-refractivity contribution in [2.24, 2.45) is 0 Å². The van der Waals surface area contributed by atoms with E-state index in [4.69, 9.17) is 9.47 Å². The van der Waals surface area contributed by atoms with Gasteiger partial charge in [0, 0.05) is 0 Å². The van der Waals surface area contributed by atoms with Gasteiger partial charge in [0.25, 0.3) is 0 Å². The third-order valence-electron chi connectivity index (χ3n) is 1.88. The molecule has 0 saturated carbocycles. The molecule has 0 atom stereocenters. The zero-order valence-corrected chi connectivity index (χ0v) is 9.28. The number of para-hydroxylation sites is 1. The summed E-state index contributed by atoms with van der Waals surface area (Å²) in [4.78, 5) is 12.0. The van der Waals surface area contributed by atoms with Crippen LogP contribution in [-0.4, -0.2) is 12.8 Å². The fourth-order valence-electron chi connectivity index (χ4n) is 1.13. The summed E-state index contributed by atoms with van der Waals surface area (Å²) in [6, 6.07) is 12.7. The highest BCUT2D eigenvalue weighted by Gasteiger charge is 2.07. The quantitative estimate of drug-likeness (QED) is 0.602. The summed E-state index contributed by atoms with van der Waals surface area (Å²) in [7, 11) is 0. The van der Waals surface area contributed by atoms with Gasteiger partial charge >= 0.3 is 5.97 Å². The first-order valence-corrected chi connectivity index (χ1v) is 5.63. The summed E-state index contributed by atoms with van der Waals surface area (Å²) < 4.78 is 10.2. The van der Waals surface area contributed by atoms with Crippen LogP contribution in [0.4, 0.5) is 0 Å².